The number of nitrogens with zero attached hydrogens (tertiary/aromatic N) is 2. The van der Waals surface area contributed by atoms with E-state index in [1.807, 2.05) is 17.7 Å². The first kappa shape index (κ1) is 13.8. The molecule has 0 bridgehead atoms. The van der Waals surface area contributed by atoms with Crippen molar-refractivity contribution < 1.29 is 4.39 Å². The van der Waals surface area contributed by atoms with Gasteiger partial charge in [0.2, 0.25) is 0 Å². The quantitative estimate of drug-likeness (QED) is 0.797. The van der Waals surface area contributed by atoms with Crippen molar-refractivity contribution in [2.24, 2.45) is 0 Å². The van der Waals surface area contributed by atoms with Gasteiger partial charge < -0.3 is 5.32 Å². The van der Waals surface area contributed by atoms with Gasteiger partial charge >= 0.3 is 0 Å². The summed E-state index contributed by atoms with van der Waals surface area (Å²) < 4.78 is 16.1. The maximum absolute atomic E-state index is 14.1. The van der Waals surface area contributed by atoms with Gasteiger partial charge in [0, 0.05) is 12.1 Å². The fraction of sp³-hybridized carbons (Fsp3) is 0.235. The van der Waals surface area contributed by atoms with Gasteiger partial charge in [0.05, 0.1) is 16.7 Å². The van der Waals surface area contributed by atoms with Gasteiger partial charge in [0.1, 0.15) is 12.1 Å². The van der Waals surface area contributed by atoms with Crippen molar-refractivity contribution in [3.05, 3.63) is 59.2 Å². The Hall–Kier alpha value is -2.20. The van der Waals surface area contributed by atoms with E-state index in [1.165, 1.54) is 17.2 Å². The monoisotopic (exact) mass is 283 g/mol. The molecule has 1 heterocycles. The van der Waals surface area contributed by atoms with E-state index in [0.29, 0.717) is 12.1 Å². The van der Waals surface area contributed by atoms with Crippen LogP contribution in [0.25, 0.3) is 16.7 Å². The maximum Gasteiger partial charge on any atom is 0.129 e. The highest BCUT2D eigenvalue weighted by Crippen LogP contribution is 2.25. The topological polar surface area (TPSA) is 29.9 Å². The van der Waals surface area contributed by atoms with E-state index in [4.69, 9.17) is 0 Å². The molecule has 108 valence electrons. The second-order valence-corrected chi connectivity index (χ2v) is 5.31. The number of aromatic nitrogens is 2. The normalized spacial score (nSPS) is 11.2. The van der Waals surface area contributed by atoms with Crippen LogP contribution in [0.4, 0.5) is 4.39 Å². The summed E-state index contributed by atoms with van der Waals surface area (Å²) >= 11 is 0. The highest BCUT2D eigenvalue weighted by Gasteiger charge is 2.12. The Kier molecular flexibility index (Phi) is 3.47. The lowest BCUT2D eigenvalue weighted by Crippen LogP contribution is -2.11. The van der Waals surface area contributed by atoms with Crippen LogP contribution < -0.4 is 5.32 Å². The molecular weight excluding hydrogens is 265 g/mol. The number of benzene rings is 2. The predicted octanol–water partition coefficient (Wildman–Crippen LogP) is 3.50. The Labute approximate surface area is 123 Å². The van der Waals surface area contributed by atoms with Crippen LogP contribution in [-0.4, -0.2) is 16.6 Å². The molecule has 1 aromatic heterocycles. The van der Waals surface area contributed by atoms with Gasteiger partial charge in [0.15, 0.2) is 0 Å². The molecule has 0 aliphatic heterocycles. The molecule has 3 aromatic rings. The Morgan fingerprint density at radius 1 is 1.19 bits per heavy atom. The van der Waals surface area contributed by atoms with Crippen LogP contribution in [0, 0.1) is 19.7 Å². The maximum atomic E-state index is 14.1. The standard InChI is InChI=1S/C17H18FN3/c1-11-7-15-17(8-12(11)2)21(10-20-15)16-6-4-5-14(18)13(16)9-19-3/h4-8,10,19H,9H2,1-3H3. The van der Waals surface area contributed by atoms with Crippen molar-refractivity contribution in [2.75, 3.05) is 7.05 Å². The van der Waals surface area contributed by atoms with E-state index in [2.05, 4.69) is 36.3 Å². The highest BCUT2D eigenvalue weighted by molar-refractivity contribution is 5.79. The SMILES string of the molecule is CNCc1c(F)cccc1-n1cnc2cc(C)c(C)cc21. The average Bonchev–Trinajstić information content (AvgIpc) is 2.84. The number of nitrogens with one attached hydrogen (secondary N) is 1. The molecule has 0 radical (unpaired) electrons. The fourth-order valence-corrected chi connectivity index (χ4v) is 2.58. The molecule has 0 aliphatic carbocycles. The first-order valence-corrected chi connectivity index (χ1v) is 6.98. The number of halogens is 1. The molecule has 0 saturated heterocycles. The molecule has 4 heteroatoms. The summed E-state index contributed by atoms with van der Waals surface area (Å²) in [5.74, 6) is -0.201. The molecule has 0 fully saturated rings. The minimum atomic E-state index is -0.201. The number of aryl methyl sites for hydroxylation is 2. The summed E-state index contributed by atoms with van der Waals surface area (Å²) in [6, 6.07) is 9.32. The van der Waals surface area contributed by atoms with E-state index in [1.54, 1.807) is 12.4 Å². The minimum Gasteiger partial charge on any atom is -0.316 e. The lowest BCUT2D eigenvalue weighted by molar-refractivity contribution is 0.599. The molecule has 21 heavy (non-hydrogen) atoms. The van der Waals surface area contributed by atoms with Crippen LogP contribution in [0.3, 0.4) is 0 Å². The Morgan fingerprint density at radius 2 is 1.95 bits per heavy atom. The summed E-state index contributed by atoms with van der Waals surface area (Å²) in [5.41, 5.74) is 5.82. The average molecular weight is 283 g/mol. The van der Waals surface area contributed by atoms with Gasteiger partial charge in [-0.15, -0.1) is 0 Å². The van der Waals surface area contributed by atoms with Crippen molar-refractivity contribution in [1.82, 2.24) is 14.9 Å². The molecule has 0 aliphatic rings. The van der Waals surface area contributed by atoms with Crippen LogP contribution >= 0.6 is 0 Å². The third-order valence-corrected chi connectivity index (χ3v) is 3.87. The Balaban J connectivity index is 2.26. The van der Waals surface area contributed by atoms with Gasteiger partial charge in [-0.05, 0) is 56.3 Å². The van der Waals surface area contributed by atoms with E-state index < -0.39 is 0 Å². The van der Waals surface area contributed by atoms with Crippen LogP contribution in [0.5, 0.6) is 0 Å². The first-order chi connectivity index (χ1) is 10.1. The zero-order valence-corrected chi connectivity index (χ0v) is 12.4. The summed E-state index contributed by atoms with van der Waals surface area (Å²) in [7, 11) is 1.82. The molecular formula is C17H18FN3. The van der Waals surface area contributed by atoms with E-state index in [9.17, 15) is 4.39 Å². The molecule has 3 rings (SSSR count). The summed E-state index contributed by atoms with van der Waals surface area (Å²) in [6.07, 6.45) is 1.76. The summed E-state index contributed by atoms with van der Waals surface area (Å²) in [4.78, 5) is 4.45. The highest BCUT2D eigenvalue weighted by atomic mass is 19.1. The first-order valence-electron chi connectivity index (χ1n) is 6.98. The molecule has 0 spiro atoms. The lowest BCUT2D eigenvalue weighted by Gasteiger charge is -2.12. The zero-order chi connectivity index (χ0) is 15.0. The summed E-state index contributed by atoms with van der Waals surface area (Å²) in [6.45, 7) is 4.63. The van der Waals surface area contributed by atoms with E-state index in [-0.39, 0.29) is 5.82 Å². The number of hydrogen-bond acceptors (Lipinski definition) is 2. The number of hydrogen-bond donors (Lipinski definition) is 1. The molecule has 3 nitrogen and oxygen atoms in total. The van der Waals surface area contributed by atoms with Gasteiger partial charge in [0.25, 0.3) is 0 Å². The van der Waals surface area contributed by atoms with Crippen molar-refractivity contribution in [3.8, 4) is 5.69 Å². The van der Waals surface area contributed by atoms with Crippen molar-refractivity contribution in [1.29, 1.82) is 0 Å². The second kappa shape index (κ2) is 5.30. The van der Waals surface area contributed by atoms with Gasteiger partial charge in [-0.2, -0.15) is 0 Å². The van der Waals surface area contributed by atoms with E-state index >= 15 is 0 Å². The summed E-state index contributed by atoms with van der Waals surface area (Å²) in [5, 5.41) is 3.02. The molecule has 0 unspecified atom stereocenters. The van der Waals surface area contributed by atoms with Crippen molar-refractivity contribution in [2.45, 2.75) is 20.4 Å². The third-order valence-electron chi connectivity index (χ3n) is 3.87. The number of rotatable bonds is 3. The molecule has 2 aromatic carbocycles. The molecule has 0 amide bonds. The van der Waals surface area contributed by atoms with Gasteiger partial charge in [-0.3, -0.25) is 4.57 Å². The largest absolute Gasteiger partial charge is 0.316 e. The van der Waals surface area contributed by atoms with Crippen molar-refractivity contribution in [3.63, 3.8) is 0 Å². The molecule has 0 saturated carbocycles. The zero-order valence-electron chi connectivity index (χ0n) is 12.4. The minimum absolute atomic E-state index is 0.201. The molecule has 0 atom stereocenters. The third kappa shape index (κ3) is 2.32. The van der Waals surface area contributed by atoms with Crippen LogP contribution in [-0.2, 0) is 6.54 Å². The van der Waals surface area contributed by atoms with Gasteiger partial charge in [-0.25, -0.2) is 9.37 Å². The second-order valence-electron chi connectivity index (χ2n) is 5.31. The van der Waals surface area contributed by atoms with Gasteiger partial charge in [-0.1, -0.05) is 6.07 Å². The Morgan fingerprint density at radius 3 is 2.71 bits per heavy atom. The lowest BCUT2D eigenvalue weighted by atomic mass is 10.1. The molecule has 1 N–H and O–H groups in total. The fourth-order valence-electron chi connectivity index (χ4n) is 2.58. The van der Waals surface area contributed by atoms with Crippen molar-refractivity contribution >= 4 is 11.0 Å². The van der Waals surface area contributed by atoms with Crippen LogP contribution in [0.15, 0.2) is 36.7 Å². The smallest absolute Gasteiger partial charge is 0.129 e. The number of fused-ring (bicyclic) bond motifs is 1. The Bertz CT molecular complexity index is 805. The van der Waals surface area contributed by atoms with Crippen LogP contribution in [0.2, 0.25) is 0 Å². The predicted molar refractivity (Wildman–Crippen MR) is 83.3 cm³/mol. The van der Waals surface area contributed by atoms with Crippen LogP contribution in [0.1, 0.15) is 16.7 Å². The van der Waals surface area contributed by atoms with E-state index in [0.717, 1.165) is 16.7 Å². The number of imidazole rings is 1.